The summed E-state index contributed by atoms with van der Waals surface area (Å²) in [7, 11) is 0. The molecule has 0 saturated heterocycles. The molecule has 0 unspecified atom stereocenters. The predicted molar refractivity (Wildman–Crippen MR) is 66.5 cm³/mol. The van der Waals surface area contributed by atoms with Gasteiger partial charge in [-0.2, -0.15) is 5.26 Å². The third-order valence-electron chi connectivity index (χ3n) is 1.97. The number of nitrogens with zero attached hydrogens (tertiary/aromatic N) is 3. The molecule has 0 aliphatic heterocycles. The fourth-order valence-corrected chi connectivity index (χ4v) is 1.55. The molecule has 84 valence electrons. The van der Waals surface area contributed by atoms with E-state index in [1.165, 1.54) is 12.3 Å². The molecule has 0 atom stereocenters. The van der Waals surface area contributed by atoms with Gasteiger partial charge in [-0.3, -0.25) is 0 Å². The quantitative estimate of drug-likeness (QED) is 0.903. The molecule has 2 rings (SSSR count). The van der Waals surface area contributed by atoms with E-state index in [2.05, 4.69) is 15.3 Å². The van der Waals surface area contributed by atoms with E-state index < -0.39 is 0 Å². The summed E-state index contributed by atoms with van der Waals surface area (Å²) in [5.41, 5.74) is 0.870. The van der Waals surface area contributed by atoms with Crippen molar-refractivity contribution in [1.82, 2.24) is 9.97 Å². The van der Waals surface area contributed by atoms with Gasteiger partial charge in [-0.1, -0.05) is 29.3 Å². The van der Waals surface area contributed by atoms with Gasteiger partial charge in [0.2, 0.25) is 5.95 Å². The van der Waals surface area contributed by atoms with Crippen molar-refractivity contribution in [3.63, 3.8) is 0 Å². The second-order valence-electron chi connectivity index (χ2n) is 3.10. The van der Waals surface area contributed by atoms with Crippen LogP contribution in [-0.4, -0.2) is 9.97 Å². The van der Waals surface area contributed by atoms with Crippen molar-refractivity contribution in [3.05, 3.63) is 46.2 Å². The average molecular weight is 265 g/mol. The molecule has 2 aromatic rings. The van der Waals surface area contributed by atoms with Gasteiger partial charge >= 0.3 is 0 Å². The molecular formula is C11H6Cl2N4. The van der Waals surface area contributed by atoms with Crippen LogP contribution in [0.3, 0.4) is 0 Å². The highest BCUT2D eigenvalue weighted by Gasteiger charge is 2.06. The molecule has 1 N–H and O–H groups in total. The van der Waals surface area contributed by atoms with Crippen molar-refractivity contribution in [2.45, 2.75) is 0 Å². The summed E-state index contributed by atoms with van der Waals surface area (Å²) in [5, 5.41) is 12.4. The Hall–Kier alpha value is -1.83. The van der Waals surface area contributed by atoms with Crippen molar-refractivity contribution in [2.75, 3.05) is 5.32 Å². The van der Waals surface area contributed by atoms with Crippen LogP contribution in [0.4, 0.5) is 11.6 Å². The second-order valence-corrected chi connectivity index (χ2v) is 3.89. The number of halogens is 2. The normalized spacial score (nSPS) is 9.71. The first-order valence-electron chi connectivity index (χ1n) is 4.65. The number of nitriles is 1. The highest BCUT2D eigenvalue weighted by molar-refractivity contribution is 6.43. The Kier molecular flexibility index (Phi) is 3.43. The monoisotopic (exact) mass is 264 g/mol. The Balaban J connectivity index is 2.32. The fourth-order valence-electron chi connectivity index (χ4n) is 1.20. The first-order chi connectivity index (χ1) is 8.20. The lowest BCUT2D eigenvalue weighted by atomic mass is 10.3. The van der Waals surface area contributed by atoms with E-state index >= 15 is 0 Å². The minimum atomic E-state index is 0.278. The summed E-state index contributed by atoms with van der Waals surface area (Å²) < 4.78 is 0. The summed E-state index contributed by atoms with van der Waals surface area (Å²) in [5.74, 6) is 0.299. The van der Waals surface area contributed by atoms with Crippen LogP contribution < -0.4 is 5.32 Å². The largest absolute Gasteiger partial charge is 0.323 e. The molecule has 1 aromatic carbocycles. The number of hydrogen-bond donors (Lipinski definition) is 1. The summed E-state index contributed by atoms with van der Waals surface area (Å²) in [6.45, 7) is 0. The van der Waals surface area contributed by atoms with Crippen LogP contribution in [0.15, 0.2) is 30.5 Å². The molecule has 6 heteroatoms. The molecule has 0 aliphatic rings. The summed E-state index contributed by atoms with van der Waals surface area (Å²) in [4.78, 5) is 7.95. The summed E-state index contributed by atoms with van der Waals surface area (Å²) >= 11 is 11.9. The van der Waals surface area contributed by atoms with Crippen molar-refractivity contribution in [2.24, 2.45) is 0 Å². The molecule has 4 nitrogen and oxygen atoms in total. The van der Waals surface area contributed by atoms with Crippen LogP contribution in [-0.2, 0) is 0 Å². The molecule has 17 heavy (non-hydrogen) atoms. The summed E-state index contributed by atoms with van der Waals surface area (Å²) in [6.07, 6.45) is 1.49. The van der Waals surface area contributed by atoms with Crippen LogP contribution in [0, 0.1) is 11.3 Å². The molecule has 0 amide bonds. The van der Waals surface area contributed by atoms with E-state index in [4.69, 9.17) is 28.5 Å². The molecule has 0 fully saturated rings. The minimum absolute atomic E-state index is 0.278. The number of rotatable bonds is 2. The molecule has 0 radical (unpaired) electrons. The van der Waals surface area contributed by atoms with Crippen LogP contribution in [0.2, 0.25) is 10.0 Å². The third kappa shape index (κ3) is 2.64. The zero-order valence-electron chi connectivity index (χ0n) is 8.48. The van der Waals surface area contributed by atoms with Crippen LogP contribution >= 0.6 is 23.2 Å². The molecule has 1 aromatic heterocycles. The smallest absolute Gasteiger partial charge is 0.228 e. The lowest BCUT2D eigenvalue weighted by Crippen LogP contribution is -1.98. The van der Waals surface area contributed by atoms with Gasteiger partial charge in [-0.15, -0.1) is 0 Å². The van der Waals surface area contributed by atoms with Gasteiger partial charge in [-0.05, 0) is 18.2 Å². The Morgan fingerprint density at radius 3 is 2.82 bits per heavy atom. The lowest BCUT2D eigenvalue weighted by molar-refractivity contribution is 1.14. The maximum atomic E-state index is 8.71. The lowest BCUT2D eigenvalue weighted by Gasteiger charge is -2.07. The highest BCUT2D eigenvalue weighted by atomic mass is 35.5. The van der Waals surface area contributed by atoms with Crippen molar-refractivity contribution in [1.29, 1.82) is 5.26 Å². The highest BCUT2D eigenvalue weighted by Crippen LogP contribution is 2.30. The molecule has 0 aliphatic carbocycles. The molecule has 0 saturated carbocycles. The summed E-state index contributed by atoms with van der Waals surface area (Å²) in [6, 6.07) is 8.63. The van der Waals surface area contributed by atoms with E-state index in [0.29, 0.717) is 21.7 Å². The number of nitrogens with one attached hydrogen (secondary N) is 1. The zero-order chi connectivity index (χ0) is 12.3. The van der Waals surface area contributed by atoms with Gasteiger partial charge in [0, 0.05) is 6.20 Å². The van der Waals surface area contributed by atoms with Gasteiger partial charge in [0.05, 0.1) is 15.7 Å². The van der Waals surface area contributed by atoms with Crippen LogP contribution in [0.25, 0.3) is 0 Å². The molecular weight excluding hydrogens is 259 g/mol. The first-order valence-corrected chi connectivity index (χ1v) is 5.40. The third-order valence-corrected chi connectivity index (χ3v) is 2.79. The average Bonchev–Trinajstić information content (AvgIpc) is 2.35. The van der Waals surface area contributed by atoms with Crippen molar-refractivity contribution in [3.8, 4) is 6.07 Å². The van der Waals surface area contributed by atoms with Crippen molar-refractivity contribution >= 4 is 34.8 Å². The zero-order valence-corrected chi connectivity index (χ0v) is 10.00. The Bertz CT molecular complexity index is 592. The maximum absolute atomic E-state index is 8.71. The molecule has 0 bridgehead atoms. The van der Waals surface area contributed by atoms with E-state index in [-0.39, 0.29) is 5.69 Å². The number of benzene rings is 1. The van der Waals surface area contributed by atoms with E-state index in [1.54, 1.807) is 18.2 Å². The van der Waals surface area contributed by atoms with Gasteiger partial charge in [-0.25, -0.2) is 9.97 Å². The topological polar surface area (TPSA) is 61.6 Å². The molecule has 0 spiro atoms. The van der Waals surface area contributed by atoms with Gasteiger partial charge in [0.15, 0.2) is 0 Å². The van der Waals surface area contributed by atoms with E-state index in [0.717, 1.165) is 0 Å². The van der Waals surface area contributed by atoms with Crippen molar-refractivity contribution < 1.29 is 0 Å². The Labute approximate surface area is 108 Å². The number of hydrogen-bond acceptors (Lipinski definition) is 4. The first kappa shape index (κ1) is 11.6. The van der Waals surface area contributed by atoms with Gasteiger partial charge in [0.1, 0.15) is 11.8 Å². The minimum Gasteiger partial charge on any atom is -0.323 e. The molecule has 1 heterocycles. The van der Waals surface area contributed by atoms with Gasteiger partial charge < -0.3 is 5.32 Å². The maximum Gasteiger partial charge on any atom is 0.228 e. The van der Waals surface area contributed by atoms with Crippen LogP contribution in [0.5, 0.6) is 0 Å². The Morgan fingerprint density at radius 2 is 2.06 bits per heavy atom. The van der Waals surface area contributed by atoms with Crippen LogP contribution in [0.1, 0.15) is 5.69 Å². The van der Waals surface area contributed by atoms with E-state index in [1.807, 2.05) is 6.07 Å². The standard InChI is InChI=1S/C11H6Cl2N4/c12-8-2-1-3-9(10(8)13)17-11-15-5-4-7(6-14)16-11/h1-5H,(H,15,16,17). The second kappa shape index (κ2) is 5.00. The van der Waals surface area contributed by atoms with Gasteiger partial charge in [0.25, 0.3) is 0 Å². The Morgan fingerprint density at radius 1 is 1.24 bits per heavy atom. The van der Waals surface area contributed by atoms with E-state index in [9.17, 15) is 0 Å². The predicted octanol–water partition coefficient (Wildman–Crippen LogP) is 3.40. The SMILES string of the molecule is N#Cc1ccnc(Nc2cccc(Cl)c2Cl)n1. The fraction of sp³-hybridized carbons (Fsp3) is 0. The number of anilines is 2. The number of aromatic nitrogens is 2.